The van der Waals surface area contributed by atoms with E-state index in [1.54, 1.807) is 0 Å². The molecule has 4 nitrogen and oxygen atoms in total. The number of hydrogen-bond acceptors (Lipinski definition) is 0. The zero-order chi connectivity index (χ0) is 29.5. The average molecular weight is 584 g/mol. The van der Waals surface area contributed by atoms with E-state index in [1.165, 1.54) is 99.3 Å². The van der Waals surface area contributed by atoms with Crippen LogP contribution in [-0.2, 0) is 5.54 Å². The van der Waals surface area contributed by atoms with Crippen molar-refractivity contribution in [1.82, 2.24) is 13.7 Å². The van der Waals surface area contributed by atoms with Gasteiger partial charge in [0.05, 0.1) is 50.8 Å². The smallest absolute Gasteiger partial charge is 0.288 e. The minimum Gasteiger partial charge on any atom is -0.308 e. The first-order chi connectivity index (χ1) is 22.9. The molecular formula is C42H23N4+. The van der Waals surface area contributed by atoms with Crippen molar-refractivity contribution in [3.05, 3.63) is 156 Å². The van der Waals surface area contributed by atoms with Crippen LogP contribution in [0.3, 0.4) is 0 Å². The van der Waals surface area contributed by atoms with E-state index in [4.69, 9.17) is 0 Å². The number of hydrogen-bond donors (Lipinski definition) is 0. The van der Waals surface area contributed by atoms with Gasteiger partial charge in [0.15, 0.2) is 11.1 Å². The van der Waals surface area contributed by atoms with E-state index in [1.807, 2.05) is 0 Å². The monoisotopic (exact) mass is 583 g/mol. The van der Waals surface area contributed by atoms with Gasteiger partial charge >= 0.3 is 0 Å². The Morgan fingerprint density at radius 2 is 0.891 bits per heavy atom. The highest BCUT2D eigenvalue weighted by Crippen LogP contribution is 2.59. The highest BCUT2D eigenvalue weighted by atomic mass is 15.2. The maximum absolute atomic E-state index is 2.60. The second-order valence-electron chi connectivity index (χ2n) is 13.1. The van der Waals surface area contributed by atoms with Gasteiger partial charge in [-0.05, 0) is 48.5 Å². The molecule has 0 radical (unpaired) electrons. The van der Waals surface area contributed by atoms with Gasteiger partial charge in [0, 0.05) is 43.9 Å². The number of rotatable bonds is 0. The van der Waals surface area contributed by atoms with Gasteiger partial charge < -0.3 is 9.13 Å². The summed E-state index contributed by atoms with van der Waals surface area (Å²) >= 11 is 0. The summed E-state index contributed by atoms with van der Waals surface area (Å²) in [6, 6.07) is 50.1. The molecule has 0 amide bonds. The second kappa shape index (κ2) is 7.06. The molecule has 4 heteroatoms. The molecule has 0 N–H and O–H groups in total. The third-order valence-electron chi connectivity index (χ3n) is 11.3. The van der Waals surface area contributed by atoms with E-state index < -0.39 is 5.54 Å². The van der Waals surface area contributed by atoms with E-state index in [2.05, 4.69) is 158 Å². The number of nitrogens with zero attached hydrogens (tertiary/aromatic N) is 4. The van der Waals surface area contributed by atoms with Gasteiger partial charge in [-0.3, -0.25) is 0 Å². The Kier molecular flexibility index (Phi) is 3.44. The minimum atomic E-state index is -0.584. The van der Waals surface area contributed by atoms with Crippen molar-refractivity contribution >= 4 is 65.4 Å². The molecule has 1 unspecified atom stereocenters. The van der Waals surface area contributed by atoms with Gasteiger partial charge in [0.2, 0.25) is 0 Å². The largest absolute Gasteiger partial charge is 0.308 e. The van der Waals surface area contributed by atoms with Crippen molar-refractivity contribution in [3.8, 4) is 17.2 Å². The normalized spacial score (nSPS) is 16.8. The molecule has 0 bridgehead atoms. The summed E-state index contributed by atoms with van der Waals surface area (Å²) in [5.41, 5.74) is 13.6. The van der Waals surface area contributed by atoms with E-state index in [9.17, 15) is 0 Å². The number of para-hydroxylation sites is 4. The summed E-state index contributed by atoms with van der Waals surface area (Å²) in [7, 11) is 0. The number of pyridine rings is 1. The molecule has 46 heavy (non-hydrogen) atoms. The predicted octanol–water partition coefficient (Wildman–Crippen LogP) is 9.05. The van der Waals surface area contributed by atoms with Crippen LogP contribution in [-0.4, -0.2) is 13.7 Å². The Labute approximate surface area is 262 Å². The quantitative estimate of drug-likeness (QED) is 0.159. The molecule has 0 fully saturated rings. The molecule has 210 valence electrons. The van der Waals surface area contributed by atoms with Crippen molar-refractivity contribution in [2.75, 3.05) is 0 Å². The first-order valence-corrected chi connectivity index (χ1v) is 16.1. The number of aromatic nitrogens is 4. The van der Waals surface area contributed by atoms with Crippen LogP contribution in [0.5, 0.6) is 0 Å². The molecule has 0 saturated heterocycles. The third kappa shape index (κ3) is 2.07. The third-order valence-corrected chi connectivity index (χ3v) is 11.3. The Balaban J connectivity index is 1.44. The molecule has 4 aromatic heterocycles. The summed E-state index contributed by atoms with van der Waals surface area (Å²) < 4.78 is 10.2. The highest BCUT2D eigenvalue weighted by Gasteiger charge is 2.59. The van der Waals surface area contributed by atoms with Crippen LogP contribution in [0.25, 0.3) is 82.6 Å². The lowest BCUT2D eigenvalue weighted by atomic mass is 9.69. The van der Waals surface area contributed by atoms with Gasteiger partial charge in [-0.15, -0.1) is 0 Å². The van der Waals surface area contributed by atoms with Crippen molar-refractivity contribution in [1.29, 1.82) is 0 Å². The summed E-state index contributed by atoms with van der Waals surface area (Å²) in [6.07, 6.45) is 2.33. The van der Waals surface area contributed by atoms with E-state index in [0.717, 1.165) is 0 Å². The fourth-order valence-corrected chi connectivity index (χ4v) is 9.89. The van der Waals surface area contributed by atoms with E-state index in [0.29, 0.717) is 0 Å². The van der Waals surface area contributed by atoms with Crippen molar-refractivity contribution in [3.63, 3.8) is 0 Å². The fourth-order valence-electron chi connectivity index (χ4n) is 9.89. The number of fused-ring (bicyclic) bond motifs is 13. The fraction of sp³-hybridized carbons (Fsp3) is 0.0238. The van der Waals surface area contributed by atoms with Gasteiger partial charge in [0.25, 0.3) is 5.82 Å². The molecule has 0 aliphatic carbocycles. The molecule has 1 atom stereocenters. The van der Waals surface area contributed by atoms with Crippen LogP contribution in [0.2, 0.25) is 0 Å². The average Bonchev–Trinajstić information content (AvgIpc) is 3.76. The van der Waals surface area contributed by atoms with Gasteiger partial charge in [-0.2, -0.15) is 4.57 Å². The topological polar surface area (TPSA) is 18.7 Å². The predicted molar refractivity (Wildman–Crippen MR) is 185 cm³/mol. The Morgan fingerprint density at radius 1 is 0.391 bits per heavy atom. The summed E-state index contributed by atoms with van der Waals surface area (Å²) in [5, 5.41) is 7.78. The summed E-state index contributed by atoms with van der Waals surface area (Å²) in [6.45, 7) is 0. The SMILES string of the molecule is c1cc[n+]2c(c1)-n1c3ccccc3c3ccc4c(c31)C21c2cccc3c5ccccc5n(c23)-c2ccc3c5ccccc5n-4c3c21. The Hall–Kier alpha value is -6.13. The molecule has 1 spiro atoms. The summed E-state index contributed by atoms with van der Waals surface area (Å²) in [4.78, 5) is 0. The van der Waals surface area contributed by atoms with Crippen LogP contribution >= 0.6 is 0 Å². The molecule has 13 rings (SSSR count). The molecule has 10 aromatic rings. The lowest BCUT2D eigenvalue weighted by molar-refractivity contribution is -0.729. The second-order valence-corrected chi connectivity index (χ2v) is 13.1. The van der Waals surface area contributed by atoms with Crippen LogP contribution in [0, 0.1) is 0 Å². The van der Waals surface area contributed by atoms with Crippen molar-refractivity contribution < 1.29 is 4.57 Å². The summed E-state index contributed by atoms with van der Waals surface area (Å²) in [5.74, 6) is 1.19. The lowest BCUT2D eigenvalue weighted by Gasteiger charge is -2.44. The zero-order valence-corrected chi connectivity index (χ0v) is 24.6. The molecule has 0 saturated carbocycles. The zero-order valence-electron chi connectivity index (χ0n) is 24.6. The number of benzene rings is 6. The molecule has 3 aliphatic rings. The van der Waals surface area contributed by atoms with Crippen LogP contribution in [0.15, 0.2) is 140 Å². The van der Waals surface area contributed by atoms with E-state index >= 15 is 0 Å². The molecular weight excluding hydrogens is 560 g/mol. The molecule has 7 heterocycles. The Morgan fingerprint density at radius 3 is 1.54 bits per heavy atom. The van der Waals surface area contributed by atoms with Crippen molar-refractivity contribution in [2.24, 2.45) is 0 Å². The molecule has 3 aliphatic heterocycles. The lowest BCUT2D eigenvalue weighted by Crippen LogP contribution is -2.64. The van der Waals surface area contributed by atoms with Gasteiger partial charge in [-0.1, -0.05) is 78.9 Å². The van der Waals surface area contributed by atoms with Gasteiger partial charge in [-0.25, -0.2) is 4.57 Å². The first kappa shape index (κ1) is 22.4. The van der Waals surface area contributed by atoms with Crippen LogP contribution in [0.1, 0.15) is 16.7 Å². The Bertz CT molecular complexity index is 3080. The standard InChI is InChI=1S/C42H23N4/c1-4-15-31-24(10-1)27-13-9-14-30-39(27)44(31)34-21-19-28-25-11-2-5-16-32(25)45-35-22-20-29-26-12-3-6-17-33(26)46-36-18-7-8-23-43(36)42(30,37(34)40(28)45)38(35)41(29)46/h1-23H/q+1. The maximum Gasteiger partial charge on any atom is 0.288 e. The van der Waals surface area contributed by atoms with Crippen LogP contribution in [0.4, 0.5) is 0 Å². The van der Waals surface area contributed by atoms with Crippen molar-refractivity contribution in [2.45, 2.75) is 5.54 Å². The van der Waals surface area contributed by atoms with Crippen LogP contribution < -0.4 is 4.57 Å². The first-order valence-electron chi connectivity index (χ1n) is 16.1. The van der Waals surface area contributed by atoms with Gasteiger partial charge in [0.1, 0.15) is 5.52 Å². The van der Waals surface area contributed by atoms with E-state index in [-0.39, 0.29) is 0 Å². The minimum absolute atomic E-state index is 0.584. The highest BCUT2D eigenvalue weighted by molar-refractivity contribution is 6.19. The maximum atomic E-state index is 2.60. The molecule has 6 aromatic carbocycles.